The van der Waals surface area contributed by atoms with Gasteiger partial charge in [0.15, 0.2) is 0 Å². The number of amides is 1. The molecule has 0 radical (unpaired) electrons. The quantitative estimate of drug-likeness (QED) is 0.798. The van der Waals surface area contributed by atoms with Gasteiger partial charge >= 0.3 is 0 Å². The summed E-state index contributed by atoms with van der Waals surface area (Å²) >= 11 is 0. The largest absolute Gasteiger partial charge is 0.396 e. The van der Waals surface area contributed by atoms with Crippen molar-refractivity contribution in [3.05, 3.63) is 53.6 Å². The summed E-state index contributed by atoms with van der Waals surface area (Å²) in [7, 11) is 0. The zero-order chi connectivity index (χ0) is 13.1. The number of benzene rings is 1. The van der Waals surface area contributed by atoms with Gasteiger partial charge in [-0.1, -0.05) is 6.07 Å². The van der Waals surface area contributed by atoms with Crippen LogP contribution in [-0.2, 0) is 0 Å². The van der Waals surface area contributed by atoms with Crippen LogP contribution in [0.2, 0.25) is 0 Å². The van der Waals surface area contributed by atoms with Crippen molar-refractivity contribution in [2.75, 3.05) is 11.1 Å². The van der Waals surface area contributed by atoms with Crippen LogP contribution in [0.25, 0.3) is 0 Å². The third kappa shape index (κ3) is 2.63. The molecule has 92 valence electrons. The van der Waals surface area contributed by atoms with Crippen LogP contribution in [0.3, 0.4) is 0 Å². The highest BCUT2D eigenvalue weighted by atomic mass is 19.1. The number of nitrogens with two attached hydrogens (primary N) is 1. The molecule has 0 spiro atoms. The second-order valence-electron chi connectivity index (χ2n) is 3.85. The van der Waals surface area contributed by atoms with Gasteiger partial charge < -0.3 is 11.1 Å². The van der Waals surface area contributed by atoms with Crippen molar-refractivity contribution in [2.45, 2.75) is 6.92 Å². The molecule has 4 nitrogen and oxygen atoms in total. The van der Waals surface area contributed by atoms with Crippen molar-refractivity contribution in [2.24, 2.45) is 0 Å². The molecule has 18 heavy (non-hydrogen) atoms. The van der Waals surface area contributed by atoms with Crippen molar-refractivity contribution in [3.63, 3.8) is 0 Å². The average Bonchev–Trinajstić information content (AvgIpc) is 2.34. The summed E-state index contributed by atoms with van der Waals surface area (Å²) in [6.07, 6.45) is 0. The number of aromatic nitrogens is 1. The van der Waals surface area contributed by atoms with Gasteiger partial charge in [-0.05, 0) is 37.3 Å². The number of nitrogen functional groups attached to an aromatic ring is 1. The van der Waals surface area contributed by atoms with E-state index in [9.17, 15) is 9.18 Å². The molecule has 1 heterocycles. The zero-order valence-corrected chi connectivity index (χ0v) is 9.77. The van der Waals surface area contributed by atoms with E-state index in [4.69, 9.17) is 5.73 Å². The fourth-order valence-electron chi connectivity index (χ4n) is 1.49. The molecule has 0 aliphatic carbocycles. The molecule has 1 aromatic carbocycles. The Morgan fingerprint density at radius 1 is 1.33 bits per heavy atom. The van der Waals surface area contributed by atoms with E-state index < -0.39 is 5.82 Å². The predicted molar refractivity (Wildman–Crippen MR) is 67.7 cm³/mol. The SMILES string of the molecule is Cc1cccc(C(=O)Nc2ccc(F)c(N)c2)n1. The minimum Gasteiger partial charge on any atom is -0.396 e. The summed E-state index contributed by atoms with van der Waals surface area (Å²) in [5.74, 6) is -0.869. The van der Waals surface area contributed by atoms with Gasteiger partial charge in [-0.15, -0.1) is 0 Å². The molecule has 0 aliphatic heterocycles. The molecule has 2 aromatic rings. The van der Waals surface area contributed by atoms with Gasteiger partial charge in [-0.25, -0.2) is 9.37 Å². The summed E-state index contributed by atoms with van der Waals surface area (Å²) in [6, 6.07) is 9.16. The molecule has 3 N–H and O–H groups in total. The lowest BCUT2D eigenvalue weighted by Crippen LogP contribution is -2.14. The summed E-state index contributed by atoms with van der Waals surface area (Å²) in [5.41, 5.74) is 6.90. The summed E-state index contributed by atoms with van der Waals surface area (Å²) in [6.45, 7) is 1.80. The first-order chi connectivity index (χ1) is 8.56. The van der Waals surface area contributed by atoms with E-state index in [-0.39, 0.29) is 11.6 Å². The van der Waals surface area contributed by atoms with Crippen molar-refractivity contribution >= 4 is 17.3 Å². The van der Waals surface area contributed by atoms with Gasteiger partial charge in [0.25, 0.3) is 5.91 Å². The van der Waals surface area contributed by atoms with Crippen LogP contribution < -0.4 is 11.1 Å². The number of pyridine rings is 1. The Kier molecular flexibility index (Phi) is 3.23. The Morgan fingerprint density at radius 3 is 2.78 bits per heavy atom. The Balaban J connectivity index is 2.18. The summed E-state index contributed by atoms with van der Waals surface area (Å²) < 4.78 is 13.0. The molecule has 0 saturated carbocycles. The first-order valence-electron chi connectivity index (χ1n) is 5.36. The molecule has 0 bridgehead atoms. The van der Waals surface area contributed by atoms with E-state index in [1.807, 2.05) is 0 Å². The van der Waals surface area contributed by atoms with Crippen LogP contribution in [0.1, 0.15) is 16.2 Å². The lowest BCUT2D eigenvalue weighted by Gasteiger charge is -2.06. The van der Waals surface area contributed by atoms with Gasteiger partial charge in [0.1, 0.15) is 11.5 Å². The lowest BCUT2D eigenvalue weighted by atomic mass is 10.2. The van der Waals surface area contributed by atoms with E-state index in [0.29, 0.717) is 11.4 Å². The van der Waals surface area contributed by atoms with Crippen molar-refractivity contribution in [3.8, 4) is 0 Å². The van der Waals surface area contributed by atoms with E-state index in [1.165, 1.54) is 18.2 Å². The number of nitrogens with zero attached hydrogens (tertiary/aromatic N) is 1. The molecule has 0 saturated heterocycles. The number of hydrogen-bond acceptors (Lipinski definition) is 3. The molecule has 0 atom stereocenters. The molecule has 1 amide bonds. The first-order valence-corrected chi connectivity index (χ1v) is 5.36. The Hall–Kier alpha value is -2.43. The Bertz CT molecular complexity index is 599. The van der Waals surface area contributed by atoms with Crippen LogP contribution in [0, 0.1) is 12.7 Å². The Morgan fingerprint density at radius 2 is 2.11 bits per heavy atom. The molecule has 0 aliphatic rings. The minimum absolute atomic E-state index is 0.00926. The third-order valence-corrected chi connectivity index (χ3v) is 2.37. The second-order valence-corrected chi connectivity index (χ2v) is 3.85. The van der Waals surface area contributed by atoms with Gasteiger partial charge in [0.2, 0.25) is 0 Å². The minimum atomic E-state index is -0.512. The highest BCUT2D eigenvalue weighted by Gasteiger charge is 2.08. The lowest BCUT2D eigenvalue weighted by molar-refractivity contribution is 0.102. The van der Waals surface area contributed by atoms with Crippen LogP contribution >= 0.6 is 0 Å². The van der Waals surface area contributed by atoms with E-state index >= 15 is 0 Å². The molecular weight excluding hydrogens is 233 g/mol. The first kappa shape index (κ1) is 12.0. The monoisotopic (exact) mass is 245 g/mol. The number of aryl methyl sites for hydroxylation is 1. The summed E-state index contributed by atoms with van der Waals surface area (Å²) in [4.78, 5) is 15.9. The number of halogens is 1. The summed E-state index contributed by atoms with van der Waals surface area (Å²) in [5, 5.41) is 2.61. The maximum absolute atomic E-state index is 13.0. The van der Waals surface area contributed by atoms with Crippen LogP contribution in [-0.4, -0.2) is 10.9 Å². The van der Waals surface area contributed by atoms with Crippen LogP contribution in [0.4, 0.5) is 15.8 Å². The average molecular weight is 245 g/mol. The number of anilines is 2. The van der Waals surface area contributed by atoms with E-state index in [2.05, 4.69) is 10.3 Å². The maximum Gasteiger partial charge on any atom is 0.274 e. The van der Waals surface area contributed by atoms with E-state index in [0.717, 1.165) is 5.69 Å². The van der Waals surface area contributed by atoms with Gasteiger partial charge in [-0.2, -0.15) is 0 Å². The molecule has 2 rings (SSSR count). The number of nitrogens with one attached hydrogen (secondary N) is 1. The predicted octanol–water partition coefficient (Wildman–Crippen LogP) is 2.36. The molecule has 0 fully saturated rings. The topological polar surface area (TPSA) is 68.0 Å². The molecule has 0 unspecified atom stereocenters. The molecular formula is C13H12FN3O. The van der Waals surface area contributed by atoms with Gasteiger partial charge in [0.05, 0.1) is 5.69 Å². The number of rotatable bonds is 2. The highest BCUT2D eigenvalue weighted by Crippen LogP contribution is 2.16. The fraction of sp³-hybridized carbons (Fsp3) is 0.0769. The zero-order valence-electron chi connectivity index (χ0n) is 9.77. The highest BCUT2D eigenvalue weighted by molar-refractivity contribution is 6.03. The molecule has 1 aromatic heterocycles. The smallest absolute Gasteiger partial charge is 0.274 e. The normalized spacial score (nSPS) is 10.1. The third-order valence-electron chi connectivity index (χ3n) is 2.37. The number of hydrogen-bond donors (Lipinski definition) is 2. The number of carbonyl (C=O) groups is 1. The Labute approximate surface area is 104 Å². The number of carbonyl (C=O) groups excluding carboxylic acids is 1. The fourth-order valence-corrected chi connectivity index (χ4v) is 1.49. The van der Waals surface area contributed by atoms with Gasteiger partial charge in [-0.3, -0.25) is 4.79 Å². The van der Waals surface area contributed by atoms with Crippen molar-refractivity contribution < 1.29 is 9.18 Å². The maximum atomic E-state index is 13.0. The van der Waals surface area contributed by atoms with Crippen LogP contribution in [0.5, 0.6) is 0 Å². The second kappa shape index (κ2) is 4.83. The van der Waals surface area contributed by atoms with Crippen LogP contribution in [0.15, 0.2) is 36.4 Å². The molecule has 5 heteroatoms. The van der Waals surface area contributed by atoms with Crippen molar-refractivity contribution in [1.29, 1.82) is 0 Å². The van der Waals surface area contributed by atoms with E-state index in [1.54, 1.807) is 25.1 Å². The van der Waals surface area contributed by atoms with Gasteiger partial charge in [0, 0.05) is 11.4 Å². The standard InChI is InChI=1S/C13H12FN3O/c1-8-3-2-4-12(16-8)13(18)17-9-5-6-10(14)11(15)7-9/h2-7H,15H2,1H3,(H,17,18). The van der Waals surface area contributed by atoms with Crippen molar-refractivity contribution in [1.82, 2.24) is 4.98 Å².